The standard InChI is InChI=1S/C10H17ClN4/c1-14(5-8-3-9(11)4-8)6-10-7-15(2)13-12-10/h7-9H,3-6H2,1-2H3. The Labute approximate surface area is 95.2 Å². The van der Waals surface area contributed by atoms with Crippen molar-refractivity contribution in [1.82, 2.24) is 19.9 Å². The van der Waals surface area contributed by atoms with Crippen LogP contribution >= 0.6 is 11.6 Å². The summed E-state index contributed by atoms with van der Waals surface area (Å²) in [6.07, 6.45) is 4.28. The zero-order valence-corrected chi connectivity index (χ0v) is 9.98. The summed E-state index contributed by atoms with van der Waals surface area (Å²) in [5, 5.41) is 8.40. The van der Waals surface area contributed by atoms with Gasteiger partial charge in [-0.15, -0.1) is 16.7 Å². The summed E-state index contributed by atoms with van der Waals surface area (Å²) in [4.78, 5) is 2.29. The fraction of sp³-hybridized carbons (Fsp3) is 0.800. The summed E-state index contributed by atoms with van der Waals surface area (Å²) < 4.78 is 1.74. The quantitative estimate of drug-likeness (QED) is 0.728. The molecule has 0 radical (unpaired) electrons. The van der Waals surface area contributed by atoms with E-state index in [4.69, 9.17) is 11.6 Å². The maximum atomic E-state index is 5.95. The SMILES string of the molecule is CN(Cc1cn(C)nn1)CC1CC(Cl)C1. The molecule has 1 saturated carbocycles. The van der Waals surface area contributed by atoms with Gasteiger partial charge in [-0.3, -0.25) is 4.68 Å². The van der Waals surface area contributed by atoms with Crippen LogP contribution in [0.25, 0.3) is 0 Å². The zero-order chi connectivity index (χ0) is 10.8. The van der Waals surface area contributed by atoms with Crippen molar-refractivity contribution in [3.05, 3.63) is 11.9 Å². The summed E-state index contributed by atoms with van der Waals surface area (Å²) >= 11 is 5.95. The van der Waals surface area contributed by atoms with Crippen molar-refractivity contribution >= 4 is 11.6 Å². The fourth-order valence-corrected chi connectivity index (χ4v) is 2.56. The van der Waals surface area contributed by atoms with Crippen molar-refractivity contribution in [2.75, 3.05) is 13.6 Å². The lowest BCUT2D eigenvalue weighted by atomic mass is 9.84. The Morgan fingerprint density at radius 1 is 1.60 bits per heavy atom. The van der Waals surface area contributed by atoms with Gasteiger partial charge in [-0.2, -0.15) is 0 Å². The van der Waals surface area contributed by atoms with Crippen molar-refractivity contribution in [3.63, 3.8) is 0 Å². The number of hydrogen-bond donors (Lipinski definition) is 0. The van der Waals surface area contributed by atoms with Gasteiger partial charge < -0.3 is 4.90 Å². The summed E-state index contributed by atoms with van der Waals surface area (Å²) in [5.74, 6) is 0.772. The van der Waals surface area contributed by atoms with Gasteiger partial charge in [-0.05, 0) is 25.8 Å². The average Bonchev–Trinajstić information content (AvgIpc) is 2.48. The van der Waals surface area contributed by atoms with Crippen LogP contribution in [-0.4, -0.2) is 38.9 Å². The molecule has 15 heavy (non-hydrogen) atoms. The Kier molecular flexibility index (Phi) is 3.26. The van der Waals surface area contributed by atoms with E-state index in [-0.39, 0.29) is 0 Å². The van der Waals surface area contributed by atoms with Gasteiger partial charge in [0.1, 0.15) is 0 Å². The van der Waals surface area contributed by atoms with E-state index in [0.29, 0.717) is 5.38 Å². The third-order valence-corrected chi connectivity index (χ3v) is 3.19. The second kappa shape index (κ2) is 4.49. The highest BCUT2D eigenvalue weighted by molar-refractivity contribution is 6.21. The van der Waals surface area contributed by atoms with Crippen molar-refractivity contribution in [2.24, 2.45) is 13.0 Å². The van der Waals surface area contributed by atoms with E-state index in [1.165, 1.54) is 0 Å². The number of aryl methyl sites for hydroxylation is 1. The minimum Gasteiger partial charge on any atom is -0.300 e. The highest BCUT2D eigenvalue weighted by Crippen LogP contribution is 2.32. The van der Waals surface area contributed by atoms with Gasteiger partial charge >= 0.3 is 0 Å². The monoisotopic (exact) mass is 228 g/mol. The lowest BCUT2D eigenvalue weighted by Crippen LogP contribution is -2.34. The van der Waals surface area contributed by atoms with Crippen molar-refractivity contribution in [2.45, 2.75) is 24.8 Å². The lowest BCUT2D eigenvalue weighted by Gasteiger charge is -2.33. The largest absolute Gasteiger partial charge is 0.300 e. The van der Waals surface area contributed by atoms with E-state index in [9.17, 15) is 0 Å². The van der Waals surface area contributed by atoms with E-state index < -0.39 is 0 Å². The molecule has 1 heterocycles. The third kappa shape index (κ3) is 2.92. The Balaban J connectivity index is 1.75. The smallest absolute Gasteiger partial charge is 0.0966 e. The zero-order valence-electron chi connectivity index (χ0n) is 9.23. The molecule has 0 bridgehead atoms. The van der Waals surface area contributed by atoms with Gasteiger partial charge in [0.25, 0.3) is 0 Å². The molecule has 1 fully saturated rings. The number of alkyl halides is 1. The van der Waals surface area contributed by atoms with Gasteiger partial charge in [0, 0.05) is 31.7 Å². The number of nitrogens with zero attached hydrogens (tertiary/aromatic N) is 4. The minimum absolute atomic E-state index is 0.417. The Morgan fingerprint density at radius 3 is 2.87 bits per heavy atom. The molecule has 4 nitrogen and oxygen atoms in total. The number of aromatic nitrogens is 3. The minimum atomic E-state index is 0.417. The van der Waals surface area contributed by atoms with E-state index in [1.54, 1.807) is 4.68 Å². The Hall–Kier alpha value is -0.610. The summed E-state index contributed by atoms with van der Waals surface area (Å²) in [6, 6.07) is 0. The van der Waals surface area contributed by atoms with Gasteiger partial charge in [-0.1, -0.05) is 5.21 Å². The van der Waals surface area contributed by atoms with Crippen molar-refractivity contribution in [3.8, 4) is 0 Å². The molecule has 0 saturated heterocycles. The van der Waals surface area contributed by atoms with E-state index in [2.05, 4.69) is 22.3 Å². The second-order valence-electron chi connectivity index (χ2n) is 4.52. The number of hydrogen-bond acceptors (Lipinski definition) is 3. The molecule has 2 rings (SSSR count). The molecule has 0 N–H and O–H groups in total. The Bertz CT molecular complexity index is 319. The molecule has 0 unspecified atom stereocenters. The highest BCUT2D eigenvalue weighted by atomic mass is 35.5. The molecule has 0 spiro atoms. The third-order valence-electron chi connectivity index (χ3n) is 2.83. The van der Waals surface area contributed by atoms with Crippen molar-refractivity contribution in [1.29, 1.82) is 0 Å². The predicted octanol–water partition coefficient (Wildman–Crippen LogP) is 1.26. The van der Waals surface area contributed by atoms with Gasteiger partial charge in [0.05, 0.1) is 5.69 Å². The Morgan fingerprint density at radius 2 is 2.33 bits per heavy atom. The van der Waals surface area contributed by atoms with Crippen LogP contribution < -0.4 is 0 Å². The first-order valence-electron chi connectivity index (χ1n) is 5.31. The first kappa shape index (κ1) is 10.9. The maximum Gasteiger partial charge on any atom is 0.0966 e. The maximum absolute atomic E-state index is 5.95. The molecular formula is C10H17ClN4. The first-order valence-corrected chi connectivity index (χ1v) is 5.75. The molecule has 0 amide bonds. The average molecular weight is 229 g/mol. The van der Waals surface area contributed by atoms with E-state index in [0.717, 1.165) is 37.5 Å². The van der Waals surface area contributed by atoms with Gasteiger partial charge in [-0.25, -0.2) is 0 Å². The molecule has 84 valence electrons. The molecule has 1 aromatic heterocycles. The van der Waals surface area contributed by atoms with Crippen LogP contribution in [0.5, 0.6) is 0 Å². The molecule has 5 heteroatoms. The van der Waals surface area contributed by atoms with Crippen LogP contribution in [0.2, 0.25) is 0 Å². The second-order valence-corrected chi connectivity index (χ2v) is 5.13. The topological polar surface area (TPSA) is 34.0 Å². The highest BCUT2D eigenvalue weighted by Gasteiger charge is 2.27. The summed E-state index contributed by atoms with van der Waals surface area (Å²) in [6.45, 7) is 1.98. The molecule has 1 aromatic rings. The molecular weight excluding hydrogens is 212 g/mol. The van der Waals surface area contributed by atoms with Crippen molar-refractivity contribution < 1.29 is 0 Å². The predicted molar refractivity (Wildman–Crippen MR) is 59.7 cm³/mol. The van der Waals surface area contributed by atoms with Crippen LogP contribution in [0.15, 0.2) is 6.20 Å². The van der Waals surface area contributed by atoms with Crippen LogP contribution in [0.4, 0.5) is 0 Å². The van der Waals surface area contributed by atoms with E-state index in [1.807, 2.05) is 13.2 Å². The fourth-order valence-electron chi connectivity index (χ4n) is 2.05. The molecule has 0 aliphatic heterocycles. The summed E-state index contributed by atoms with van der Waals surface area (Å²) in [5.41, 5.74) is 1.03. The number of halogens is 1. The van der Waals surface area contributed by atoms with E-state index >= 15 is 0 Å². The summed E-state index contributed by atoms with van der Waals surface area (Å²) in [7, 11) is 4.01. The molecule has 0 aromatic carbocycles. The van der Waals surface area contributed by atoms with Crippen LogP contribution in [0.3, 0.4) is 0 Å². The first-order chi connectivity index (χ1) is 7.13. The normalized spacial score (nSPS) is 25.6. The number of rotatable bonds is 4. The van der Waals surface area contributed by atoms with Crippen LogP contribution in [0, 0.1) is 5.92 Å². The molecule has 0 atom stereocenters. The van der Waals surface area contributed by atoms with Crippen LogP contribution in [-0.2, 0) is 13.6 Å². The van der Waals surface area contributed by atoms with Gasteiger partial charge in [0.2, 0.25) is 0 Å². The molecule has 1 aliphatic carbocycles. The molecule has 1 aliphatic rings. The lowest BCUT2D eigenvalue weighted by molar-refractivity contribution is 0.202. The van der Waals surface area contributed by atoms with Gasteiger partial charge in [0.15, 0.2) is 0 Å². The van der Waals surface area contributed by atoms with Crippen LogP contribution in [0.1, 0.15) is 18.5 Å².